The van der Waals surface area contributed by atoms with E-state index in [-0.39, 0.29) is 23.3 Å². The maximum atomic E-state index is 13.4. The zero-order chi connectivity index (χ0) is 23.7. The zero-order valence-corrected chi connectivity index (χ0v) is 20.4. The van der Waals surface area contributed by atoms with Crippen molar-refractivity contribution in [1.29, 1.82) is 0 Å². The van der Waals surface area contributed by atoms with Gasteiger partial charge in [-0.15, -0.1) is 0 Å². The van der Waals surface area contributed by atoms with Crippen LogP contribution in [0.25, 0.3) is 0 Å². The topological polar surface area (TPSA) is 69.6 Å². The lowest BCUT2D eigenvalue weighted by molar-refractivity contribution is -0.137. The van der Waals surface area contributed by atoms with Crippen LogP contribution in [0.2, 0.25) is 0 Å². The molecule has 0 saturated carbocycles. The molecular weight excluding hydrogens is 426 g/mol. The van der Waals surface area contributed by atoms with E-state index in [2.05, 4.69) is 39.1 Å². The highest BCUT2D eigenvalue weighted by Crippen LogP contribution is 2.44. The van der Waals surface area contributed by atoms with Crippen molar-refractivity contribution in [2.24, 2.45) is 5.41 Å². The van der Waals surface area contributed by atoms with Crippen molar-refractivity contribution in [3.05, 3.63) is 53.3 Å². The van der Waals surface area contributed by atoms with Crippen molar-refractivity contribution in [2.75, 3.05) is 38.1 Å². The number of nitrogens with zero attached hydrogens (tertiary/aromatic N) is 5. The number of likely N-dealkylation sites (tertiary alicyclic amines) is 2. The number of carbonyl (C=O) groups is 2. The van der Waals surface area contributed by atoms with Crippen LogP contribution in [0.1, 0.15) is 60.3 Å². The van der Waals surface area contributed by atoms with Crippen LogP contribution in [0, 0.1) is 12.3 Å². The van der Waals surface area contributed by atoms with Crippen LogP contribution in [0.15, 0.2) is 36.4 Å². The van der Waals surface area contributed by atoms with Crippen molar-refractivity contribution >= 4 is 17.8 Å². The quantitative estimate of drug-likeness (QED) is 0.697. The van der Waals surface area contributed by atoms with Gasteiger partial charge in [0.2, 0.25) is 11.9 Å². The van der Waals surface area contributed by atoms with Gasteiger partial charge in [-0.1, -0.05) is 30.3 Å². The van der Waals surface area contributed by atoms with E-state index < -0.39 is 0 Å². The number of amides is 2. The number of aryl methyl sites for hydroxylation is 1. The number of aromatic nitrogens is 2. The molecular formula is C27H35N5O2. The Bertz CT molecular complexity index is 1040. The summed E-state index contributed by atoms with van der Waals surface area (Å²) in [5.41, 5.74) is 2.22. The molecule has 1 atom stereocenters. The third-order valence-electron chi connectivity index (χ3n) is 7.97. The SMILES string of the molecule is Cc1cc(C(=O)N2CCC3(CC2)C[C@@H](Cc2ccccc2)N(C)C3=O)nc(N2CCCCC2)n1. The summed E-state index contributed by atoms with van der Waals surface area (Å²) in [4.78, 5) is 41.9. The Morgan fingerprint density at radius 3 is 2.44 bits per heavy atom. The maximum Gasteiger partial charge on any atom is 0.272 e. The van der Waals surface area contributed by atoms with Crippen LogP contribution in [-0.4, -0.2) is 70.9 Å². The standard InChI is InChI=1S/C27H35N5O2/c1-20-17-23(29-26(28-20)32-13-7-4-8-14-32)24(33)31-15-11-27(12-16-31)19-22(30(2)25(27)34)18-21-9-5-3-6-10-21/h3,5-6,9-10,17,22H,4,7-8,11-16,18-19H2,1-2H3/t22-/m1/s1. The van der Waals surface area contributed by atoms with Gasteiger partial charge in [-0.05, 0) is 63.5 Å². The third-order valence-corrected chi connectivity index (χ3v) is 7.97. The summed E-state index contributed by atoms with van der Waals surface area (Å²) in [5, 5.41) is 0. The Morgan fingerprint density at radius 2 is 1.74 bits per heavy atom. The summed E-state index contributed by atoms with van der Waals surface area (Å²) in [7, 11) is 1.94. The average molecular weight is 462 g/mol. The molecule has 1 aromatic carbocycles. The van der Waals surface area contributed by atoms with Gasteiger partial charge in [0.15, 0.2) is 0 Å². The highest BCUT2D eigenvalue weighted by atomic mass is 16.2. The normalized spacial score (nSPS) is 22.5. The number of benzene rings is 1. The van der Waals surface area contributed by atoms with E-state index in [9.17, 15) is 9.59 Å². The van der Waals surface area contributed by atoms with Gasteiger partial charge in [-0.3, -0.25) is 9.59 Å². The van der Waals surface area contributed by atoms with Gasteiger partial charge in [-0.25, -0.2) is 9.97 Å². The van der Waals surface area contributed by atoms with Gasteiger partial charge < -0.3 is 14.7 Å². The fourth-order valence-electron chi connectivity index (χ4n) is 5.93. The third kappa shape index (κ3) is 4.40. The summed E-state index contributed by atoms with van der Waals surface area (Å²) in [6, 6.07) is 12.4. The molecule has 3 aliphatic heterocycles. The van der Waals surface area contributed by atoms with Gasteiger partial charge in [-0.2, -0.15) is 0 Å². The van der Waals surface area contributed by atoms with E-state index in [1.165, 1.54) is 12.0 Å². The molecule has 0 radical (unpaired) electrons. The Kier molecular flexibility index (Phi) is 6.28. The number of piperidine rings is 2. The monoisotopic (exact) mass is 461 g/mol. The van der Waals surface area contributed by atoms with Gasteiger partial charge in [0.25, 0.3) is 5.91 Å². The predicted molar refractivity (Wildman–Crippen MR) is 132 cm³/mol. The molecule has 180 valence electrons. The number of carbonyl (C=O) groups excluding carboxylic acids is 2. The van der Waals surface area contributed by atoms with Gasteiger partial charge in [0.1, 0.15) is 5.69 Å². The van der Waals surface area contributed by atoms with E-state index in [1.807, 2.05) is 29.8 Å². The van der Waals surface area contributed by atoms with Crippen LogP contribution in [0.3, 0.4) is 0 Å². The molecule has 1 spiro atoms. The number of hydrogen-bond donors (Lipinski definition) is 0. The first-order chi connectivity index (χ1) is 16.4. The number of likely N-dealkylation sites (N-methyl/N-ethyl adjacent to an activating group) is 1. The van der Waals surface area contributed by atoms with Crippen molar-refractivity contribution in [2.45, 2.75) is 57.9 Å². The second-order valence-electron chi connectivity index (χ2n) is 10.3. The molecule has 5 rings (SSSR count). The first kappa shape index (κ1) is 22.8. The van der Waals surface area contributed by atoms with Gasteiger partial charge in [0, 0.05) is 45.0 Å². The molecule has 0 aliphatic carbocycles. The van der Waals surface area contributed by atoms with Crippen LogP contribution in [0.4, 0.5) is 5.95 Å². The first-order valence-corrected chi connectivity index (χ1v) is 12.7. The van der Waals surface area contributed by atoms with Crippen LogP contribution in [0.5, 0.6) is 0 Å². The molecule has 34 heavy (non-hydrogen) atoms. The second-order valence-corrected chi connectivity index (χ2v) is 10.3. The smallest absolute Gasteiger partial charge is 0.272 e. The molecule has 7 nitrogen and oxygen atoms in total. The molecule has 4 heterocycles. The largest absolute Gasteiger partial charge is 0.342 e. The molecule has 0 unspecified atom stereocenters. The molecule has 2 aromatic rings. The highest BCUT2D eigenvalue weighted by molar-refractivity contribution is 5.93. The minimum absolute atomic E-state index is 0.0433. The average Bonchev–Trinajstić information content (AvgIpc) is 3.09. The second kappa shape index (κ2) is 9.35. The Hall–Kier alpha value is -2.96. The Balaban J connectivity index is 1.25. The first-order valence-electron chi connectivity index (χ1n) is 12.7. The molecule has 0 N–H and O–H groups in total. The fraction of sp³-hybridized carbons (Fsp3) is 0.556. The van der Waals surface area contributed by atoms with Crippen molar-refractivity contribution in [1.82, 2.24) is 19.8 Å². The van der Waals surface area contributed by atoms with E-state index in [0.717, 1.165) is 57.3 Å². The van der Waals surface area contributed by atoms with Crippen LogP contribution < -0.4 is 4.90 Å². The summed E-state index contributed by atoms with van der Waals surface area (Å²) in [5.74, 6) is 0.872. The van der Waals surface area contributed by atoms with Crippen molar-refractivity contribution in [3.8, 4) is 0 Å². The molecule has 3 fully saturated rings. The number of hydrogen-bond acceptors (Lipinski definition) is 5. The summed E-state index contributed by atoms with van der Waals surface area (Å²) >= 11 is 0. The van der Waals surface area contributed by atoms with Crippen molar-refractivity contribution in [3.63, 3.8) is 0 Å². The summed E-state index contributed by atoms with van der Waals surface area (Å²) < 4.78 is 0. The van der Waals surface area contributed by atoms with E-state index >= 15 is 0 Å². The van der Waals surface area contributed by atoms with E-state index in [0.29, 0.717) is 24.7 Å². The lowest BCUT2D eigenvalue weighted by Gasteiger charge is -2.37. The fourth-order valence-corrected chi connectivity index (χ4v) is 5.93. The van der Waals surface area contributed by atoms with Gasteiger partial charge >= 0.3 is 0 Å². The van der Waals surface area contributed by atoms with Gasteiger partial charge in [0.05, 0.1) is 5.41 Å². The van der Waals surface area contributed by atoms with Crippen molar-refractivity contribution < 1.29 is 9.59 Å². The number of anilines is 1. The highest BCUT2D eigenvalue weighted by Gasteiger charge is 2.51. The maximum absolute atomic E-state index is 13.4. The molecule has 7 heteroatoms. The Labute approximate surface area is 202 Å². The van der Waals surface area contributed by atoms with Crippen LogP contribution >= 0.6 is 0 Å². The molecule has 2 amide bonds. The molecule has 3 saturated heterocycles. The zero-order valence-electron chi connectivity index (χ0n) is 20.4. The van der Waals surface area contributed by atoms with E-state index in [1.54, 1.807) is 6.07 Å². The minimum atomic E-state index is -0.342. The minimum Gasteiger partial charge on any atom is -0.342 e. The predicted octanol–water partition coefficient (Wildman–Crippen LogP) is 3.47. The lowest BCUT2D eigenvalue weighted by atomic mass is 9.75. The summed E-state index contributed by atoms with van der Waals surface area (Å²) in [6.07, 6.45) is 6.71. The Morgan fingerprint density at radius 1 is 1.03 bits per heavy atom. The molecule has 3 aliphatic rings. The summed E-state index contributed by atoms with van der Waals surface area (Å²) in [6.45, 7) is 5.01. The van der Waals surface area contributed by atoms with Crippen LogP contribution in [-0.2, 0) is 11.2 Å². The number of rotatable bonds is 4. The lowest BCUT2D eigenvalue weighted by Crippen LogP contribution is -2.46. The molecule has 1 aromatic heterocycles. The molecule has 0 bridgehead atoms. The van der Waals surface area contributed by atoms with E-state index in [4.69, 9.17) is 0 Å².